The van der Waals surface area contributed by atoms with Crippen molar-refractivity contribution in [1.29, 1.82) is 0 Å². The highest BCUT2D eigenvalue weighted by molar-refractivity contribution is 6.00. The molecule has 2 N–H and O–H groups in total. The molecule has 41 heavy (non-hydrogen) atoms. The summed E-state index contributed by atoms with van der Waals surface area (Å²) >= 11 is 0. The Morgan fingerprint density at radius 3 is 2.73 bits per heavy atom. The second-order valence-electron chi connectivity index (χ2n) is 10.4. The van der Waals surface area contributed by atoms with E-state index < -0.39 is 23.6 Å². The van der Waals surface area contributed by atoms with E-state index in [9.17, 15) is 18.7 Å². The number of ether oxygens (including phenoxy) is 2. The molecule has 1 amide bonds. The van der Waals surface area contributed by atoms with Gasteiger partial charge in [-0.25, -0.2) is 13.8 Å². The number of aryl methyl sites for hydroxylation is 1. The molecule has 1 atom stereocenters. The van der Waals surface area contributed by atoms with E-state index in [1.54, 1.807) is 11.2 Å². The van der Waals surface area contributed by atoms with Gasteiger partial charge in [0.25, 0.3) is 12.3 Å². The molecule has 0 saturated carbocycles. The van der Waals surface area contributed by atoms with Gasteiger partial charge in [0.2, 0.25) is 0 Å². The van der Waals surface area contributed by atoms with E-state index >= 15 is 0 Å². The number of phenolic OH excluding ortho intramolecular Hbond substituents is 1. The first-order chi connectivity index (χ1) is 19.9. The molecule has 0 unspecified atom stereocenters. The second-order valence-corrected chi connectivity index (χ2v) is 10.4. The molecular weight excluding hydrogens is 530 g/mol. The maximum Gasteiger partial charge on any atom is 0.264 e. The van der Waals surface area contributed by atoms with Gasteiger partial charge in [-0.05, 0) is 47.4 Å². The Morgan fingerprint density at radius 2 is 2.02 bits per heavy atom. The third kappa shape index (κ3) is 5.60. The number of nitrogens with one attached hydrogen (secondary N) is 1. The highest BCUT2D eigenvalue weighted by Crippen LogP contribution is 2.39. The lowest BCUT2D eigenvalue weighted by molar-refractivity contribution is 0.0742. The molecule has 0 bridgehead atoms. The number of halogens is 2. The molecule has 8 nitrogen and oxygen atoms in total. The zero-order chi connectivity index (χ0) is 28.5. The average Bonchev–Trinajstić information content (AvgIpc) is 3.73. The zero-order valence-electron chi connectivity index (χ0n) is 22.5. The lowest BCUT2D eigenvalue weighted by Crippen LogP contribution is -2.26. The van der Waals surface area contributed by atoms with Crippen LogP contribution in [-0.2, 0) is 31.5 Å². The number of benzene rings is 3. The quantitative estimate of drug-likeness (QED) is 0.289. The van der Waals surface area contributed by atoms with Crippen molar-refractivity contribution in [2.45, 2.75) is 38.6 Å². The highest BCUT2D eigenvalue weighted by Gasteiger charge is 2.32. The predicted octanol–water partition coefficient (Wildman–Crippen LogP) is 5.67. The summed E-state index contributed by atoms with van der Waals surface area (Å²) in [6.07, 6.45) is 1.70. The molecule has 4 aromatic rings. The Bertz CT molecular complexity index is 1570. The minimum atomic E-state index is -2.83. The predicted molar refractivity (Wildman–Crippen MR) is 149 cm³/mol. The molecule has 0 radical (unpaired) electrons. The molecule has 0 aliphatic carbocycles. The number of aromatic hydroxyl groups is 1. The van der Waals surface area contributed by atoms with Crippen LogP contribution in [0.2, 0.25) is 0 Å². The smallest absolute Gasteiger partial charge is 0.264 e. The molecule has 6 rings (SSSR count). The van der Waals surface area contributed by atoms with Gasteiger partial charge in [-0.15, -0.1) is 0 Å². The molecule has 2 aliphatic heterocycles. The zero-order valence-corrected chi connectivity index (χ0v) is 22.5. The van der Waals surface area contributed by atoms with Crippen LogP contribution < -0.4 is 10.1 Å². The van der Waals surface area contributed by atoms with Gasteiger partial charge >= 0.3 is 0 Å². The van der Waals surface area contributed by atoms with Crippen LogP contribution >= 0.6 is 0 Å². The summed E-state index contributed by atoms with van der Waals surface area (Å²) in [6, 6.07) is 15.5. The SMILES string of the molecule is Cn1cnc(-c2cc3c(c(N[C@H]4CCOC4)c2)CN(C(=O)c2c(O)cc(C(F)F)cc2OCc2ccccc2)C3)c1. The van der Waals surface area contributed by atoms with E-state index in [0.717, 1.165) is 52.2 Å². The molecule has 1 fully saturated rings. The summed E-state index contributed by atoms with van der Waals surface area (Å²) in [7, 11) is 1.91. The topological polar surface area (TPSA) is 88.9 Å². The summed E-state index contributed by atoms with van der Waals surface area (Å²) in [5.41, 5.74) is 4.76. The fourth-order valence-electron chi connectivity index (χ4n) is 5.33. The van der Waals surface area contributed by atoms with Crippen molar-refractivity contribution >= 4 is 11.6 Å². The van der Waals surface area contributed by atoms with Crippen LogP contribution in [0.5, 0.6) is 11.5 Å². The molecule has 10 heteroatoms. The van der Waals surface area contributed by atoms with Crippen molar-refractivity contribution in [2.75, 3.05) is 18.5 Å². The van der Waals surface area contributed by atoms with Gasteiger partial charge < -0.3 is 29.4 Å². The Labute approximate surface area is 236 Å². The van der Waals surface area contributed by atoms with Crippen molar-refractivity contribution in [2.24, 2.45) is 7.05 Å². The number of hydrogen-bond donors (Lipinski definition) is 2. The number of nitrogens with zero attached hydrogens (tertiary/aromatic N) is 3. The first-order valence-corrected chi connectivity index (χ1v) is 13.4. The number of alkyl halides is 2. The van der Waals surface area contributed by atoms with Crippen molar-refractivity contribution in [3.8, 4) is 22.8 Å². The van der Waals surface area contributed by atoms with Crippen LogP contribution in [0, 0.1) is 0 Å². The number of carbonyl (C=O) groups excluding carboxylic acids is 1. The standard InChI is InChI=1S/C31H30F2N4O4/c1-36-15-26(34-18-36)20-9-22-13-37(14-24(22)25(10-20)35-23-7-8-40-17-23)31(39)29-27(38)11-21(30(32)33)12-28(29)41-16-19-5-3-2-4-6-19/h2-6,9-12,15,18,23,30,35,38H,7-8,13-14,16-17H2,1H3/t23-/m0/s1. The van der Waals surface area contributed by atoms with Crippen LogP contribution in [0.1, 0.15) is 45.5 Å². The first-order valence-electron chi connectivity index (χ1n) is 13.4. The van der Waals surface area contributed by atoms with Crippen LogP contribution in [0.15, 0.2) is 67.1 Å². The summed E-state index contributed by atoms with van der Waals surface area (Å²) < 4.78 is 40.5. The summed E-state index contributed by atoms with van der Waals surface area (Å²) in [5, 5.41) is 14.4. The van der Waals surface area contributed by atoms with E-state index in [2.05, 4.69) is 10.3 Å². The van der Waals surface area contributed by atoms with Crippen LogP contribution in [0.4, 0.5) is 14.5 Å². The Hall–Kier alpha value is -4.44. The minimum absolute atomic E-state index is 0.0540. The Kier molecular flexibility index (Phi) is 7.32. The normalized spacial score (nSPS) is 16.3. The van der Waals surface area contributed by atoms with Gasteiger partial charge in [0.05, 0.1) is 24.7 Å². The number of carbonyl (C=O) groups is 1. The van der Waals surface area contributed by atoms with Crippen molar-refractivity contribution < 1.29 is 28.2 Å². The van der Waals surface area contributed by atoms with E-state index in [4.69, 9.17) is 9.47 Å². The van der Waals surface area contributed by atoms with Crippen LogP contribution in [-0.4, -0.2) is 44.7 Å². The minimum Gasteiger partial charge on any atom is -0.507 e. The molecule has 2 aliphatic rings. The van der Waals surface area contributed by atoms with Crippen molar-refractivity contribution in [3.05, 3.63) is 94.9 Å². The summed E-state index contributed by atoms with van der Waals surface area (Å²) in [6.45, 7) is 1.89. The monoisotopic (exact) mass is 560 g/mol. The van der Waals surface area contributed by atoms with Gasteiger partial charge in [0.15, 0.2) is 0 Å². The van der Waals surface area contributed by atoms with Gasteiger partial charge in [-0.1, -0.05) is 30.3 Å². The third-order valence-electron chi connectivity index (χ3n) is 7.44. The third-order valence-corrected chi connectivity index (χ3v) is 7.44. The number of fused-ring (bicyclic) bond motifs is 1. The fraction of sp³-hybridized carbons (Fsp3) is 0.290. The van der Waals surface area contributed by atoms with E-state index in [1.807, 2.05) is 60.3 Å². The van der Waals surface area contributed by atoms with Crippen LogP contribution in [0.25, 0.3) is 11.3 Å². The number of phenols is 1. The first kappa shape index (κ1) is 26.8. The average molecular weight is 561 g/mol. The molecule has 1 aromatic heterocycles. The molecule has 3 heterocycles. The lowest BCUT2D eigenvalue weighted by Gasteiger charge is -2.20. The summed E-state index contributed by atoms with van der Waals surface area (Å²) in [5.74, 6) is -1.12. The van der Waals surface area contributed by atoms with E-state index in [-0.39, 0.29) is 37.1 Å². The number of imidazole rings is 1. The number of aromatic nitrogens is 2. The van der Waals surface area contributed by atoms with Crippen LogP contribution in [0.3, 0.4) is 0 Å². The van der Waals surface area contributed by atoms with Gasteiger partial charge in [-0.3, -0.25) is 4.79 Å². The Balaban J connectivity index is 1.32. The van der Waals surface area contributed by atoms with Crippen molar-refractivity contribution in [1.82, 2.24) is 14.5 Å². The lowest BCUT2D eigenvalue weighted by atomic mass is 10.0. The second kappa shape index (κ2) is 11.2. The van der Waals surface area contributed by atoms with Crippen molar-refractivity contribution in [3.63, 3.8) is 0 Å². The number of rotatable bonds is 8. The molecule has 0 spiro atoms. The van der Waals surface area contributed by atoms with Gasteiger partial charge in [-0.2, -0.15) is 0 Å². The van der Waals surface area contributed by atoms with E-state index in [0.29, 0.717) is 13.2 Å². The number of hydrogen-bond acceptors (Lipinski definition) is 6. The van der Waals surface area contributed by atoms with Gasteiger partial charge in [0, 0.05) is 49.8 Å². The largest absolute Gasteiger partial charge is 0.507 e. The molecule has 1 saturated heterocycles. The maximum absolute atomic E-state index is 13.9. The fourth-order valence-corrected chi connectivity index (χ4v) is 5.33. The van der Waals surface area contributed by atoms with E-state index in [1.165, 1.54) is 0 Å². The summed E-state index contributed by atoms with van der Waals surface area (Å²) in [4.78, 5) is 20.0. The van der Waals surface area contributed by atoms with Gasteiger partial charge in [0.1, 0.15) is 23.7 Å². The Morgan fingerprint density at radius 1 is 1.20 bits per heavy atom. The highest BCUT2D eigenvalue weighted by atomic mass is 19.3. The molecule has 212 valence electrons. The number of amides is 1. The molecular formula is C31H30F2N4O4. The number of anilines is 1. The maximum atomic E-state index is 13.9. The molecule has 3 aromatic carbocycles.